The summed E-state index contributed by atoms with van der Waals surface area (Å²) in [5.74, 6) is -0.648. The zero-order chi connectivity index (χ0) is 14.5. The Morgan fingerprint density at radius 3 is 2.79 bits per heavy atom. The molecular weight excluding hydrogens is 244 g/mol. The minimum atomic E-state index is -1.02. The smallest absolute Gasteiger partial charge is 0.335 e. The van der Waals surface area contributed by atoms with Gasteiger partial charge in [-0.2, -0.15) is 5.26 Å². The van der Waals surface area contributed by atoms with E-state index in [0.29, 0.717) is 30.9 Å². The number of rotatable bonds is 6. The monoisotopic (exact) mass is 262 g/mol. The average molecular weight is 262 g/mol. The normalized spacial score (nSPS) is 10.8. The van der Waals surface area contributed by atoms with Gasteiger partial charge in [-0.25, -0.2) is 4.79 Å². The highest BCUT2D eigenvalue weighted by atomic mass is 16.5. The lowest BCUT2D eigenvalue weighted by Crippen LogP contribution is -2.10. The topological polar surface area (TPSA) is 96.3 Å². The first-order valence-corrected chi connectivity index (χ1v) is 6.02. The number of carboxylic acids is 1. The fourth-order valence-electron chi connectivity index (χ4n) is 1.54. The Bertz CT molecular complexity index is 504. The van der Waals surface area contributed by atoms with Crippen LogP contribution in [0.25, 0.3) is 0 Å². The fourth-order valence-corrected chi connectivity index (χ4v) is 1.54. The summed E-state index contributed by atoms with van der Waals surface area (Å²) in [6, 6.07) is 6.57. The van der Waals surface area contributed by atoms with Gasteiger partial charge in [0.2, 0.25) is 0 Å². The Morgan fingerprint density at radius 1 is 1.53 bits per heavy atom. The molecule has 0 fully saturated rings. The van der Waals surface area contributed by atoms with Gasteiger partial charge >= 0.3 is 5.97 Å². The minimum absolute atomic E-state index is 0.140. The van der Waals surface area contributed by atoms with E-state index >= 15 is 0 Å². The van der Waals surface area contributed by atoms with Crippen LogP contribution in [0.5, 0.6) is 5.75 Å². The molecule has 3 N–H and O–H groups in total. The lowest BCUT2D eigenvalue weighted by atomic mass is 9.90. The number of nitrogen functional groups attached to an aromatic ring is 1. The highest BCUT2D eigenvalue weighted by molar-refractivity contribution is 5.89. The van der Waals surface area contributed by atoms with Crippen LogP contribution in [0.3, 0.4) is 0 Å². The first kappa shape index (κ1) is 14.8. The molecule has 0 aliphatic heterocycles. The van der Waals surface area contributed by atoms with E-state index in [4.69, 9.17) is 20.8 Å². The Morgan fingerprint density at radius 2 is 2.21 bits per heavy atom. The van der Waals surface area contributed by atoms with E-state index in [1.807, 2.05) is 13.8 Å². The molecule has 0 saturated carbocycles. The first-order chi connectivity index (χ1) is 8.85. The van der Waals surface area contributed by atoms with Crippen molar-refractivity contribution >= 4 is 11.7 Å². The number of hydrogen-bond acceptors (Lipinski definition) is 4. The molecule has 1 aromatic carbocycles. The highest BCUT2D eigenvalue weighted by Gasteiger charge is 2.16. The number of aromatic carboxylic acids is 1. The van der Waals surface area contributed by atoms with Gasteiger partial charge in [-0.15, -0.1) is 0 Å². The van der Waals surface area contributed by atoms with Crippen molar-refractivity contribution in [2.24, 2.45) is 5.41 Å². The average Bonchev–Trinajstić information content (AvgIpc) is 2.36. The number of benzene rings is 1. The molecule has 102 valence electrons. The van der Waals surface area contributed by atoms with Gasteiger partial charge in [-0.1, -0.05) is 0 Å². The SMILES string of the molecule is CC(C)(C#N)CCCOc1cc(C(=O)O)ccc1N. The number of nitrogens with two attached hydrogens (primary N) is 1. The molecule has 0 bridgehead atoms. The van der Waals surface area contributed by atoms with Gasteiger partial charge < -0.3 is 15.6 Å². The van der Waals surface area contributed by atoms with Gasteiger partial charge in [0.15, 0.2) is 0 Å². The molecule has 0 aromatic heterocycles. The van der Waals surface area contributed by atoms with E-state index in [9.17, 15) is 4.79 Å². The third-order valence-corrected chi connectivity index (χ3v) is 2.77. The van der Waals surface area contributed by atoms with Gasteiger partial charge in [0.25, 0.3) is 0 Å². The van der Waals surface area contributed by atoms with Gasteiger partial charge in [0.1, 0.15) is 5.75 Å². The van der Waals surface area contributed by atoms with Crippen molar-refractivity contribution in [1.82, 2.24) is 0 Å². The molecular formula is C14H18N2O3. The number of carboxylic acid groups (broad SMARTS) is 1. The fraction of sp³-hybridized carbons (Fsp3) is 0.429. The first-order valence-electron chi connectivity index (χ1n) is 6.02. The number of hydrogen-bond donors (Lipinski definition) is 2. The number of ether oxygens (including phenoxy) is 1. The number of nitriles is 1. The summed E-state index contributed by atoms with van der Waals surface area (Å²) >= 11 is 0. The molecule has 0 atom stereocenters. The number of carbonyl (C=O) groups is 1. The lowest BCUT2D eigenvalue weighted by Gasteiger charge is -2.15. The van der Waals surface area contributed by atoms with Crippen molar-refractivity contribution in [2.45, 2.75) is 26.7 Å². The summed E-state index contributed by atoms with van der Waals surface area (Å²) in [4.78, 5) is 10.8. The molecule has 0 radical (unpaired) electrons. The van der Waals surface area contributed by atoms with Gasteiger partial charge in [-0.3, -0.25) is 0 Å². The zero-order valence-electron chi connectivity index (χ0n) is 11.1. The van der Waals surface area contributed by atoms with Crippen LogP contribution in [0.4, 0.5) is 5.69 Å². The second-order valence-corrected chi connectivity index (χ2v) is 5.01. The summed E-state index contributed by atoms with van der Waals surface area (Å²) in [6.45, 7) is 4.14. The maximum Gasteiger partial charge on any atom is 0.335 e. The van der Waals surface area contributed by atoms with E-state index in [0.717, 1.165) is 0 Å². The third-order valence-electron chi connectivity index (χ3n) is 2.77. The largest absolute Gasteiger partial charge is 0.491 e. The Balaban J connectivity index is 2.56. The minimum Gasteiger partial charge on any atom is -0.491 e. The Hall–Kier alpha value is -2.22. The summed E-state index contributed by atoms with van der Waals surface area (Å²) in [5.41, 5.74) is 5.88. The molecule has 0 aliphatic carbocycles. The van der Waals surface area contributed by atoms with Crippen LogP contribution in [0.1, 0.15) is 37.0 Å². The maximum absolute atomic E-state index is 10.8. The molecule has 0 heterocycles. The second-order valence-electron chi connectivity index (χ2n) is 5.01. The van der Waals surface area contributed by atoms with Gasteiger partial charge in [0, 0.05) is 0 Å². The molecule has 0 unspecified atom stereocenters. The van der Waals surface area contributed by atoms with Crippen molar-refractivity contribution in [1.29, 1.82) is 5.26 Å². The van der Waals surface area contributed by atoms with E-state index < -0.39 is 5.97 Å². The molecule has 5 heteroatoms. The summed E-state index contributed by atoms with van der Waals surface area (Å²) in [7, 11) is 0. The number of anilines is 1. The summed E-state index contributed by atoms with van der Waals surface area (Å²) in [5, 5.41) is 17.8. The number of nitrogens with zero attached hydrogens (tertiary/aromatic N) is 1. The van der Waals surface area contributed by atoms with Gasteiger partial charge in [0.05, 0.1) is 29.3 Å². The van der Waals surface area contributed by atoms with Crippen LogP contribution >= 0.6 is 0 Å². The molecule has 0 spiro atoms. The molecule has 1 aromatic rings. The van der Waals surface area contributed by atoms with Crippen LogP contribution in [0, 0.1) is 16.7 Å². The van der Waals surface area contributed by atoms with Crippen LogP contribution < -0.4 is 10.5 Å². The maximum atomic E-state index is 10.8. The molecule has 0 saturated heterocycles. The highest BCUT2D eigenvalue weighted by Crippen LogP contribution is 2.24. The predicted molar refractivity (Wildman–Crippen MR) is 71.9 cm³/mol. The Kier molecular flexibility index (Phi) is 4.76. The summed E-state index contributed by atoms with van der Waals surface area (Å²) < 4.78 is 5.47. The quantitative estimate of drug-likeness (QED) is 0.607. The summed E-state index contributed by atoms with van der Waals surface area (Å²) in [6.07, 6.45) is 1.42. The predicted octanol–water partition coefficient (Wildman–Crippen LogP) is 2.68. The standard InChI is InChI=1S/C14H18N2O3/c1-14(2,9-15)6-3-7-19-12-8-10(13(17)18)4-5-11(12)16/h4-5,8H,3,6-7,16H2,1-2H3,(H,17,18). The van der Waals surface area contributed by atoms with Crippen molar-refractivity contribution in [3.8, 4) is 11.8 Å². The Labute approximate surface area is 112 Å². The molecule has 5 nitrogen and oxygen atoms in total. The van der Waals surface area contributed by atoms with Gasteiger partial charge in [-0.05, 0) is 44.9 Å². The van der Waals surface area contributed by atoms with Crippen LogP contribution in [0.15, 0.2) is 18.2 Å². The van der Waals surface area contributed by atoms with Crippen molar-refractivity contribution in [3.05, 3.63) is 23.8 Å². The van der Waals surface area contributed by atoms with E-state index in [1.165, 1.54) is 18.2 Å². The third kappa shape index (κ3) is 4.51. The second kappa shape index (κ2) is 6.10. The van der Waals surface area contributed by atoms with Crippen LogP contribution in [-0.4, -0.2) is 17.7 Å². The van der Waals surface area contributed by atoms with Crippen molar-refractivity contribution in [2.75, 3.05) is 12.3 Å². The van der Waals surface area contributed by atoms with Crippen molar-refractivity contribution < 1.29 is 14.6 Å². The zero-order valence-corrected chi connectivity index (χ0v) is 11.1. The molecule has 1 rings (SSSR count). The van der Waals surface area contributed by atoms with E-state index in [1.54, 1.807) is 0 Å². The lowest BCUT2D eigenvalue weighted by molar-refractivity contribution is 0.0696. The van der Waals surface area contributed by atoms with Crippen LogP contribution in [-0.2, 0) is 0 Å². The van der Waals surface area contributed by atoms with E-state index in [2.05, 4.69) is 6.07 Å². The van der Waals surface area contributed by atoms with Crippen LogP contribution in [0.2, 0.25) is 0 Å². The molecule has 19 heavy (non-hydrogen) atoms. The molecule has 0 amide bonds. The van der Waals surface area contributed by atoms with Crippen molar-refractivity contribution in [3.63, 3.8) is 0 Å². The molecule has 0 aliphatic rings. The van der Waals surface area contributed by atoms with E-state index in [-0.39, 0.29) is 11.0 Å².